The van der Waals surface area contributed by atoms with Crippen molar-refractivity contribution in [3.05, 3.63) is 28.3 Å². The van der Waals surface area contributed by atoms with Crippen molar-refractivity contribution in [2.45, 2.75) is 19.9 Å². The molecule has 4 nitrogen and oxygen atoms in total. The van der Waals surface area contributed by atoms with E-state index >= 15 is 0 Å². The highest BCUT2D eigenvalue weighted by Crippen LogP contribution is 2.27. The van der Waals surface area contributed by atoms with Gasteiger partial charge in [0.15, 0.2) is 0 Å². The van der Waals surface area contributed by atoms with Crippen molar-refractivity contribution >= 4 is 17.6 Å². The molecule has 0 spiro atoms. The van der Waals surface area contributed by atoms with Crippen molar-refractivity contribution in [2.24, 2.45) is 5.73 Å². The van der Waals surface area contributed by atoms with Crippen LogP contribution < -0.4 is 10.5 Å². The molecule has 17 heavy (non-hydrogen) atoms. The topological polar surface area (TPSA) is 61.5 Å². The van der Waals surface area contributed by atoms with Crippen LogP contribution in [0.3, 0.4) is 0 Å². The van der Waals surface area contributed by atoms with Gasteiger partial charge in [-0.3, -0.25) is 0 Å². The van der Waals surface area contributed by atoms with E-state index in [1.807, 2.05) is 6.92 Å². The number of ether oxygens (including phenoxy) is 2. The lowest BCUT2D eigenvalue weighted by molar-refractivity contribution is 0.0600. The monoisotopic (exact) mass is 257 g/mol. The predicted molar refractivity (Wildman–Crippen MR) is 66.7 cm³/mol. The van der Waals surface area contributed by atoms with Crippen LogP contribution in [0.25, 0.3) is 0 Å². The van der Waals surface area contributed by atoms with E-state index in [2.05, 4.69) is 4.74 Å². The lowest BCUT2D eigenvalue weighted by Crippen LogP contribution is -2.23. The van der Waals surface area contributed by atoms with Crippen LogP contribution in [0.4, 0.5) is 0 Å². The molecule has 0 saturated carbocycles. The first-order valence-electron chi connectivity index (χ1n) is 5.22. The zero-order valence-electron chi connectivity index (χ0n) is 10.1. The quantitative estimate of drug-likeness (QED) is 0.840. The Bertz CT molecular complexity index is 418. The average Bonchev–Trinajstić information content (AvgIpc) is 2.29. The Balaban J connectivity index is 3.01. The van der Waals surface area contributed by atoms with E-state index in [1.165, 1.54) is 7.11 Å². The number of methoxy groups -OCH3 is 1. The summed E-state index contributed by atoms with van der Waals surface area (Å²) in [7, 11) is 1.31. The maximum atomic E-state index is 11.5. The molecular formula is C12H16ClNO3. The fourth-order valence-electron chi connectivity index (χ4n) is 1.31. The molecule has 0 aromatic heterocycles. The highest BCUT2D eigenvalue weighted by Gasteiger charge is 2.14. The number of benzene rings is 1. The zero-order chi connectivity index (χ0) is 13.0. The number of hydrogen-bond donors (Lipinski definition) is 1. The van der Waals surface area contributed by atoms with Crippen molar-refractivity contribution in [3.63, 3.8) is 0 Å². The van der Waals surface area contributed by atoms with Gasteiger partial charge < -0.3 is 15.2 Å². The Morgan fingerprint density at radius 3 is 2.71 bits per heavy atom. The van der Waals surface area contributed by atoms with Gasteiger partial charge in [-0.1, -0.05) is 11.6 Å². The maximum Gasteiger partial charge on any atom is 0.339 e. The highest BCUT2D eigenvalue weighted by atomic mass is 35.5. The van der Waals surface area contributed by atoms with Crippen LogP contribution in [-0.2, 0) is 4.74 Å². The van der Waals surface area contributed by atoms with E-state index < -0.39 is 5.97 Å². The second kappa shape index (κ2) is 5.89. The number of halogens is 1. The summed E-state index contributed by atoms with van der Waals surface area (Å²) in [4.78, 5) is 11.5. The van der Waals surface area contributed by atoms with Gasteiger partial charge in [0, 0.05) is 6.04 Å². The third-order valence-corrected chi connectivity index (χ3v) is 2.65. The molecule has 1 atom stereocenters. The summed E-state index contributed by atoms with van der Waals surface area (Å²) in [5.74, 6) is 0.0777. The number of nitrogens with two attached hydrogens (primary N) is 1. The number of esters is 1. The lowest BCUT2D eigenvalue weighted by atomic mass is 10.1. The molecular weight excluding hydrogens is 242 g/mol. The molecule has 2 N–H and O–H groups in total. The Morgan fingerprint density at radius 1 is 1.53 bits per heavy atom. The first-order valence-corrected chi connectivity index (χ1v) is 5.60. The molecule has 0 radical (unpaired) electrons. The van der Waals surface area contributed by atoms with E-state index in [0.29, 0.717) is 22.9 Å². The van der Waals surface area contributed by atoms with E-state index in [4.69, 9.17) is 22.1 Å². The number of carbonyl (C=O) groups excluding carboxylic acids is 1. The van der Waals surface area contributed by atoms with Crippen molar-refractivity contribution < 1.29 is 14.3 Å². The molecule has 0 saturated heterocycles. The maximum absolute atomic E-state index is 11.5. The van der Waals surface area contributed by atoms with Crippen LogP contribution >= 0.6 is 11.6 Å². The molecule has 0 fully saturated rings. The fraction of sp³-hybridized carbons (Fsp3) is 0.417. The summed E-state index contributed by atoms with van der Waals surface area (Å²) in [5, 5.41) is 0.380. The van der Waals surface area contributed by atoms with E-state index in [9.17, 15) is 4.79 Å². The van der Waals surface area contributed by atoms with Crippen molar-refractivity contribution in [3.8, 4) is 5.75 Å². The van der Waals surface area contributed by atoms with Crippen LogP contribution in [0, 0.1) is 6.92 Å². The second-order valence-corrected chi connectivity index (χ2v) is 4.26. The average molecular weight is 258 g/mol. The third kappa shape index (κ3) is 3.61. The smallest absolute Gasteiger partial charge is 0.339 e. The molecule has 1 aromatic rings. The Kier molecular flexibility index (Phi) is 4.78. The van der Waals surface area contributed by atoms with Crippen LogP contribution in [0.2, 0.25) is 5.02 Å². The summed E-state index contributed by atoms with van der Waals surface area (Å²) in [6.07, 6.45) is 0. The molecule has 0 aliphatic carbocycles. The molecule has 0 heterocycles. The molecule has 5 heteroatoms. The number of hydrogen-bond acceptors (Lipinski definition) is 4. The van der Waals surface area contributed by atoms with Gasteiger partial charge in [-0.15, -0.1) is 0 Å². The van der Waals surface area contributed by atoms with Gasteiger partial charge in [-0.2, -0.15) is 0 Å². The van der Waals surface area contributed by atoms with Crippen LogP contribution in [0.5, 0.6) is 5.75 Å². The Morgan fingerprint density at radius 2 is 2.18 bits per heavy atom. The van der Waals surface area contributed by atoms with Gasteiger partial charge in [-0.25, -0.2) is 4.79 Å². The summed E-state index contributed by atoms with van der Waals surface area (Å²) in [6, 6.07) is 3.24. The molecule has 1 aromatic carbocycles. The van der Waals surface area contributed by atoms with Gasteiger partial charge in [0.2, 0.25) is 0 Å². The van der Waals surface area contributed by atoms with E-state index in [-0.39, 0.29) is 6.04 Å². The third-order valence-electron chi connectivity index (χ3n) is 2.15. The van der Waals surface area contributed by atoms with Crippen LogP contribution in [-0.4, -0.2) is 25.7 Å². The van der Waals surface area contributed by atoms with E-state index in [0.717, 1.165) is 5.56 Å². The minimum atomic E-state index is -0.482. The number of rotatable bonds is 4. The number of aryl methyl sites for hydroxylation is 1. The van der Waals surface area contributed by atoms with E-state index in [1.54, 1.807) is 19.1 Å². The van der Waals surface area contributed by atoms with Crippen molar-refractivity contribution in [1.29, 1.82) is 0 Å². The van der Waals surface area contributed by atoms with Gasteiger partial charge in [0.1, 0.15) is 12.4 Å². The fourth-order valence-corrected chi connectivity index (χ4v) is 1.49. The summed E-state index contributed by atoms with van der Waals surface area (Å²) in [6.45, 7) is 4.01. The largest absolute Gasteiger partial charge is 0.492 e. The molecule has 1 rings (SSSR count). The second-order valence-electron chi connectivity index (χ2n) is 3.88. The SMILES string of the molecule is COC(=O)c1cc(OC[C@H](C)N)cc(C)c1Cl. The first kappa shape index (κ1) is 13.8. The van der Waals surface area contributed by atoms with Crippen molar-refractivity contribution in [1.82, 2.24) is 0 Å². The first-order chi connectivity index (χ1) is 7.95. The minimum absolute atomic E-state index is 0.0763. The summed E-state index contributed by atoms with van der Waals surface area (Å²) < 4.78 is 10.1. The Labute approximate surface area is 106 Å². The van der Waals surface area contributed by atoms with Gasteiger partial charge in [0.05, 0.1) is 17.7 Å². The van der Waals surface area contributed by atoms with Gasteiger partial charge in [-0.05, 0) is 31.5 Å². The predicted octanol–water partition coefficient (Wildman–Crippen LogP) is 2.16. The lowest BCUT2D eigenvalue weighted by Gasteiger charge is -2.12. The number of carbonyl (C=O) groups is 1. The van der Waals surface area contributed by atoms with Crippen molar-refractivity contribution in [2.75, 3.05) is 13.7 Å². The normalized spacial score (nSPS) is 12.1. The summed E-state index contributed by atoms with van der Waals surface area (Å²) >= 11 is 6.02. The molecule has 0 aliphatic rings. The summed E-state index contributed by atoms with van der Waals surface area (Å²) in [5.41, 5.74) is 6.65. The van der Waals surface area contributed by atoms with Gasteiger partial charge in [0.25, 0.3) is 0 Å². The zero-order valence-corrected chi connectivity index (χ0v) is 10.9. The Hall–Kier alpha value is -1.26. The van der Waals surface area contributed by atoms with Crippen LogP contribution in [0.1, 0.15) is 22.8 Å². The highest BCUT2D eigenvalue weighted by molar-refractivity contribution is 6.34. The standard InChI is InChI=1S/C12H16ClNO3/c1-7-4-9(17-6-8(2)14)5-10(11(7)13)12(15)16-3/h4-5,8H,6,14H2,1-3H3/t8-/m0/s1. The minimum Gasteiger partial charge on any atom is -0.492 e. The molecule has 0 aliphatic heterocycles. The molecule has 0 amide bonds. The molecule has 0 unspecified atom stereocenters. The van der Waals surface area contributed by atoms with Crippen LogP contribution in [0.15, 0.2) is 12.1 Å². The van der Waals surface area contributed by atoms with Gasteiger partial charge >= 0.3 is 5.97 Å². The molecule has 94 valence electrons. The molecule has 0 bridgehead atoms.